The molecule has 0 aromatic heterocycles. The fourth-order valence-corrected chi connectivity index (χ4v) is 2.36. The van der Waals surface area contributed by atoms with Crippen molar-refractivity contribution in [3.8, 4) is 0 Å². The van der Waals surface area contributed by atoms with Crippen molar-refractivity contribution in [1.82, 2.24) is 5.32 Å². The molecule has 4 heteroatoms. The number of hydrogen-bond acceptors (Lipinski definition) is 3. The van der Waals surface area contributed by atoms with Gasteiger partial charge in [-0.05, 0) is 18.1 Å². The molecular weight excluding hydrogens is 288 g/mol. The standard InChI is InChI=1S/C19H20N2O2/c1-14(20-13-16-9-5-3-6-10-16)18(19(23)21-15(2)22)17-11-7-4-8-12-17/h3-12,18H,13H2,1-2H3,(H,21,22,23). The van der Waals surface area contributed by atoms with Gasteiger partial charge in [-0.25, -0.2) is 0 Å². The molecule has 0 heterocycles. The fourth-order valence-electron chi connectivity index (χ4n) is 2.36. The van der Waals surface area contributed by atoms with Gasteiger partial charge in [-0.15, -0.1) is 0 Å². The number of carbonyl (C=O) groups excluding carboxylic acids is 2. The van der Waals surface area contributed by atoms with E-state index in [0.717, 1.165) is 11.1 Å². The first kappa shape index (κ1) is 16.6. The van der Waals surface area contributed by atoms with Crippen LogP contribution in [0.5, 0.6) is 0 Å². The third kappa shape index (κ3) is 4.88. The summed E-state index contributed by atoms with van der Waals surface area (Å²) in [5.41, 5.74) is 2.57. The molecule has 0 bridgehead atoms. The monoisotopic (exact) mass is 308 g/mol. The summed E-state index contributed by atoms with van der Waals surface area (Å²) in [6, 6.07) is 19.2. The molecule has 118 valence electrons. The number of carbonyl (C=O) groups is 2. The third-order valence-electron chi connectivity index (χ3n) is 3.47. The minimum absolute atomic E-state index is 0.349. The summed E-state index contributed by atoms with van der Waals surface area (Å²) in [5, 5.41) is 2.36. The minimum atomic E-state index is -0.566. The van der Waals surface area contributed by atoms with Crippen LogP contribution in [0.3, 0.4) is 0 Å². The van der Waals surface area contributed by atoms with Crippen LogP contribution in [0.4, 0.5) is 0 Å². The van der Waals surface area contributed by atoms with Crippen LogP contribution in [0.25, 0.3) is 0 Å². The minimum Gasteiger partial charge on any atom is -0.296 e. The Morgan fingerprint density at radius 1 is 0.957 bits per heavy atom. The molecule has 0 fully saturated rings. The van der Waals surface area contributed by atoms with E-state index in [2.05, 4.69) is 10.3 Å². The van der Waals surface area contributed by atoms with E-state index in [1.165, 1.54) is 6.92 Å². The van der Waals surface area contributed by atoms with Gasteiger partial charge in [0.15, 0.2) is 0 Å². The van der Waals surface area contributed by atoms with Gasteiger partial charge in [-0.2, -0.15) is 0 Å². The van der Waals surface area contributed by atoms with E-state index < -0.39 is 5.92 Å². The second-order valence-electron chi connectivity index (χ2n) is 5.33. The predicted molar refractivity (Wildman–Crippen MR) is 91.3 cm³/mol. The summed E-state index contributed by atoms with van der Waals surface area (Å²) in [5.74, 6) is -1.28. The molecule has 2 amide bonds. The van der Waals surface area contributed by atoms with Crippen LogP contribution < -0.4 is 5.32 Å². The third-order valence-corrected chi connectivity index (χ3v) is 3.47. The summed E-state index contributed by atoms with van der Waals surface area (Å²) in [7, 11) is 0. The van der Waals surface area contributed by atoms with E-state index in [1.807, 2.05) is 67.6 Å². The van der Waals surface area contributed by atoms with Crippen molar-refractivity contribution < 1.29 is 9.59 Å². The summed E-state index contributed by atoms with van der Waals surface area (Å²) in [6.45, 7) is 3.65. The van der Waals surface area contributed by atoms with E-state index in [9.17, 15) is 9.59 Å². The Morgan fingerprint density at radius 3 is 2.09 bits per heavy atom. The van der Waals surface area contributed by atoms with Crippen molar-refractivity contribution in [2.45, 2.75) is 26.3 Å². The summed E-state index contributed by atoms with van der Waals surface area (Å²) >= 11 is 0. The molecular formula is C19H20N2O2. The van der Waals surface area contributed by atoms with Crippen molar-refractivity contribution in [1.29, 1.82) is 0 Å². The van der Waals surface area contributed by atoms with Gasteiger partial charge in [0, 0.05) is 12.6 Å². The molecule has 2 aromatic carbocycles. The number of aliphatic imine (C=N–C) groups is 1. The maximum atomic E-state index is 12.4. The summed E-state index contributed by atoms with van der Waals surface area (Å²) < 4.78 is 0. The van der Waals surface area contributed by atoms with Crippen LogP contribution in [-0.2, 0) is 16.1 Å². The normalized spacial score (nSPS) is 12.5. The molecule has 0 aliphatic carbocycles. The number of rotatable bonds is 5. The largest absolute Gasteiger partial charge is 0.296 e. The van der Waals surface area contributed by atoms with Gasteiger partial charge >= 0.3 is 0 Å². The zero-order valence-corrected chi connectivity index (χ0v) is 13.3. The zero-order chi connectivity index (χ0) is 16.7. The van der Waals surface area contributed by atoms with Crippen LogP contribution in [0, 0.1) is 0 Å². The lowest BCUT2D eigenvalue weighted by atomic mass is 9.93. The zero-order valence-electron chi connectivity index (χ0n) is 13.3. The lowest BCUT2D eigenvalue weighted by Gasteiger charge is -2.16. The molecule has 1 N–H and O–H groups in total. The number of amides is 2. The van der Waals surface area contributed by atoms with Gasteiger partial charge in [0.25, 0.3) is 0 Å². The fraction of sp³-hybridized carbons (Fsp3) is 0.211. The molecule has 0 radical (unpaired) electrons. The first-order chi connectivity index (χ1) is 11.1. The van der Waals surface area contributed by atoms with Gasteiger partial charge in [-0.3, -0.25) is 19.9 Å². The van der Waals surface area contributed by atoms with Gasteiger partial charge in [0.2, 0.25) is 11.8 Å². The topological polar surface area (TPSA) is 58.5 Å². The van der Waals surface area contributed by atoms with E-state index >= 15 is 0 Å². The van der Waals surface area contributed by atoms with Crippen molar-refractivity contribution >= 4 is 17.5 Å². The highest BCUT2D eigenvalue weighted by Crippen LogP contribution is 2.18. The Kier molecular flexibility index (Phi) is 5.80. The molecule has 0 spiro atoms. The molecule has 1 unspecified atom stereocenters. The number of nitrogens with one attached hydrogen (secondary N) is 1. The van der Waals surface area contributed by atoms with Crippen molar-refractivity contribution in [3.63, 3.8) is 0 Å². The molecule has 0 saturated carbocycles. The van der Waals surface area contributed by atoms with Gasteiger partial charge < -0.3 is 0 Å². The first-order valence-electron chi connectivity index (χ1n) is 7.49. The SMILES string of the molecule is CC(=O)NC(=O)C(C(C)=NCc1ccccc1)c1ccccc1. The summed E-state index contributed by atoms with van der Waals surface area (Å²) in [4.78, 5) is 28.2. The predicted octanol–water partition coefficient (Wildman–Crippen LogP) is 3.09. The average molecular weight is 308 g/mol. The van der Waals surface area contributed by atoms with Crippen LogP contribution in [0.15, 0.2) is 65.7 Å². The number of imide groups is 1. The van der Waals surface area contributed by atoms with Crippen LogP contribution in [0.2, 0.25) is 0 Å². The van der Waals surface area contributed by atoms with Crippen molar-refractivity contribution in [3.05, 3.63) is 71.8 Å². The van der Waals surface area contributed by atoms with Gasteiger partial charge in [0.1, 0.15) is 5.92 Å². The second kappa shape index (κ2) is 8.03. The molecule has 0 aliphatic rings. The second-order valence-corrected chi connectivity index (χ2v) is 5.33. The lowest BCUT2D eigenvalue weighted by molar-refractivity contribution is -0.129. The van der Waals surface area contributed by atoms with Crippen molar-refractivity contribution in [2.75, 3.05) is 0 Å². The highest BCUT2D eigenvalue weighted by atomic mass is 16.2. The molecule has 1 atom stereocenters. The Morgan fingerprint density at radius 2 is 1.52 bits per heavy atom. The summed E-state index contributed by atoms with van der Waals surface area (Å²) in [6.07, 6.45) is 0. The van der Waals surface area contributed by atoms with E-state index in [4.69, 9.17) is 0 Å². The van der Waals surface area contributed by atoms with Crippen LogP contribution in [-0.4, -0.2) is 17.5 Å². The van der Waals surface area contributed by atoms with Crippen LogP contribution in [0.1, 0.15) is 30.9 Å². The first-order valence-corrected chi connectivity index (χ1v) is 7.49. The van der Waals surface area contributed by atoms with Gasteiger partial charge in [-0.1, -0.05) is 60.7 Å². The maximum absolute atomic E-state index is 12.4. The van der Waals surface area contributed by atoms with E-state index in [1.54, 1.807) is 0 Å². The molecule has 0 aliphatic heterocycles. The number of nitrogens with zero attached hydrogens (tertiary/aromatic N) is 1. The average Bonchev–Trinajstić information content (AvgIpc) is 2.54. The van der Waals surface area contributed by atoms with E-state index in [0.29, 0.717) is 12.3 Å². The van der Waals surface area contributed by atoms with Gasteiger partial charge in [0.05, 0.1) is 6.54 Å². The smallest absolute Gasteiger partial charge is 0.239 e. The highest BCUT2D eigenvalue weighted by molar-refractivity contribution is 6.12. The Hall–Kier alpha value is -2.75. The Labute approximate surface area is 136 Å². The van der Waals surface area contributed by atoms with Crippen LogP contribution >= 0.6 is 0 Å². The molecule has 4 nitrogen and oxygen atoms in total. The van der Waals surface area contributed by atoms with E-state index in [-0.39, 0.29) is 11.8 Å². The molecule has 23 heavy (non-hydrogen) atoms. The lowest BCUT2D eigenvalue weighted by Crippen LogP contribution is -2.35. The number of benzene rings is 2. The quantitative estimate of drug-likeness (QED) is 0.863. The maximum Gasteiger partial charge on any atom is 0.239 e. The Bertz CT molecular complexity index is 694. The van der Waals surface area contributed by atoms with Crippen molar-refractivity contribution in [2.24, 2.45) is 4.99 Å². The molecule has 2 aromatic rings. The molecule has 2 rings (SSSR count). The Balaban J connectivity index is 2.25. The highest BCUT2D eigenvalue weighted by Gasteiger charge is 2.24. The number of hydrogen-bond donors (Lipinski definition) is 1. The molecule has 0 saturated heterocycles.